The molecule has 0 amide bonds. The summed E-state index contributed by atoms with van der Waals surface area (Å²) in [6.45, 7) is 0.354. The molecule has 0 radical (unpaired) electrons. The lowest BCUT2D eigenvalue weighted by atomic mass is 10.2. The quantitative estimate of drug-likeness (QED) is 0.637. The Morgan fingerprint density at radius 2 is 1.68 bits per heavy atom. The van der Waals surface area contributed by atoms with Crippen LogP contribution in [0.5, 0.6) is 5.75 Å². The average Bonchev–Trinajstić information content (AvgIpc) is 2.61. The van der Waals surface area contributed by atoms with Crippen LogP contribution in [0.1, 0.15) is 5.56 Å². The molecule has 3 aromatic rings. The number of hydrogen-bond donors (Lipinski definition) is 2. The van der Waals surface area contributed by atoms with Crippen LogP contribution in [-0.2, 0) is 6.61 Å². The molecule has 1 aromatic heterocycles. The van der Waals surface area contributed by atoms with Crippen LogP contribution in [0.15, 0.2) is 70.9 Å². The van der Waals surface area contributed by atoms with Gasteiger partial charge in [0.25, 0.3) is 0 Å². The van der Waals surface area contributed by atoms with Crippen molar-refractivity contribution in [3.8, 4) is 5.75 Å². The number of ether oxygens (including phenoxy) is 1. The highest BCUT2D eigenvalue weighted by Crippen LogP contribution is 2.36. The van der Waals surface area contributed by atoms with Gasteiger partial charge >= 0.3 is 0 Å². The SMILES string of the molecule is Nc1cc(OCc2ccccc2)c(/N=N/c2ccc(Cl)cc2)c(N)n1. The minimum atomic E-state index is 0.153. The third-order valence-electron chi connectivity index (χ3n) is 3.33. The predicted molar refractivity (Wildman–Crippen MR) is 99.5 cm³/mol. The first-order chi connectivity index (χ1) is 12.1. The van der Waals surface area contributed by atoms with Crippen molar-refractivity contribution in [3.63, 3.8) is 0 Å². The Hall–Kier alpha value is -3.12. The van der Waals surface area contributed by atoms with Gasteiger partial charge in [-0.05, 0) is 29.8 Å². The van der Waals surface area contributed by atoms with E-state index in [-0.39, 0.29) is 11.6 Å². The zero-order valence-corrected chi connectivity index (χ0v) is 14.0. The number of anilines is 2. The van der Waals surface area contributed by atoms with Crippen molar-refractivity contribution in [1.29, 1.82) is 0 Å². The molecule has 126 valence electrons. The Labute approximate surface area is 150 Å². The first-order valence-electron chi connectivity index (χ1n) is 7.52. The molecule has 6 nitrogen and oxygen atoms in total. The molecular formula is C18H16ClN5O. The van der Waals surface area contributed by atoms with Gasteiger partial charge in [0, 0.05) is 11.1 Å². The van der Waals surface area contributed by atoms with Crippen LogP contribution in [0.25, 0.3) is 0 Å². The first kappa shape index (κ1) is 16.7. The van der Waals surface area contributed by atoms with Gasteiger partial charge in [-0.3, -0.25) is 0 Å². The maximum atomic E-state index is 5.93. The van der Waals surface area contributed by atoms with Crippen LogP contribution in [0.3, 0.4) is 0 Å². The van der Waals surface area contributed by atoms with Gasteiger partial charge in [0.15, 0.2) is 17.3 Å². The molecule has 0 saturated heterocycles. The van der Waals surface area contributed by atoms with Crippen LogP contribution < -0.4 is 16.2 Å². The smallest absolute Gasteiger partial charge is 0.170 e. The van der Waals surface area contributed by atoms with Crippen LogP contribution >= 0.6 is 11.6 Å². The fourth-order valence-electron chi connectivity index (χ4n) is 2.11. The van der Waals surface area contributed by atoms with E-state index in [1.54, 1.807) is 30.3 Å². The van der Waals surface area contributed by atoms with Gasteiger partial charge < -0.3 is 16.2 Å². The molecule has 0 spiro atoms. The number of benzene rings is 2. The fourth-order valence-corrected chi connectivity index (χ4v) is 2.24. The predicted octanol–water partition coefficient (Wildman–Crippen LogP) is 4.89. The highest BCUT2D eigenvalue weighted by molar-refractivity contribution is 6.30. The summed E-state index contributed by atoms with van der Waals surface area (Å²) in [4.78, 5) is 4.02. The lowest BCUT2D eigenvalue weighted by Crippen LogP contribution is -2.01. The Morgan fingerprint density at radius 3 is 2.40 bits per heavy atom. The molecule has 0 atom stereocenters. The maximum Gasteiger partial charge on any atom is 0.170 e. The number of pyridine rings is 1. The number of nitrogens with zero attached hydrogens (tertiary/aromatic N) is 3. The number of hydrogen-bond acceptors (Lipinski definition) is 6. The molecule has 1 heterocycles. The third-order valence-corrected chi connectivity index (χ3v) is 3.59. The summed E-state index contributed by atoms with van der Waals surface area (Å²) in [5.41, 5.74) is 13.7. The fraction of sp³-hybridized carbons (Fsp3) is 0.0556. The monoisotopic (exact) mass is 353 g/mol. The van der Waals surface area contributed by atoms with Crippen molar-refractivity contribution >= 4 is 34.6 Å². The molecule has 0 aliphatic heterocycles. The van der Waals surface area contributed by atoms with Crippen LogP contribution in [0.4, 0.5) is 23.0 Å². The van der Waals surface area contributed by atoms with Crippen LogP contribution in [0, 0.1) is 0 Å². The Bertz CT molecular complexity index is 882. The highest BCUT2D eigenvalue weighted by Gasteiger charge is 2.11. The van der Waals surface area contributed by atoms with E-state index in [1.165, 1.54) is 0 Å². The maximum absolute atomic E-state index is 5.93. The molecule has 7 heteroatoms. The second kappa shape index (κ2) is 7.63. The van der Waals surface area contributed by atoms with Gasteiger partial charge in [0.05, 0.1) is 5.69 Å². The van der Waals surface area contributed by atoms with Crippen molar-refractivity contribution in [2.24, 2.45) is 10.2 Å². The Morgan fingerprint density at radius 1 is 0.960 bits per heavy atom. The molecule has 2 aromatic carbocycles. The van der Waals surface area contributed by atoms with Crippen molar-refractivity contribution in [1.82, 2.24) is 4.98 Å². The summed E-state index contributed by atoms with van der Waals surface area (Å²) in [5.74, 6) is 0.832. The van der Waals surface area contributed by atoms with Gasteiger partial charge in [0.2, 0.25) is 0 Å². The minimum Gasteiger partial charge on any atom is -0.486 e. The summed E-state index contributed by atoms with van der Waals surface area (Å²) in [7, 11) is 0. The summed E-state index contributed by atoms with van der Waals surface area (Å²) in [5, 5.41) is 8.95. The van der Waals surface area contributed by atoms with E-state index in [9.17, 15) is 0 Å². The van der Waals surface area contributed by atoms with E-state index in [1.807, 2.05) is 30.3 Å². The van der Waals surface area contributed by atoms with E-state index in [0.29, 0.717) is 28.8 Å². The molecule has 4 N–H and O–H groups in total. The van der Waals surface area contributed by atoms with E-state index in [4.69, 9.17) is 27.8 Å². The van der Waals surface area contributed by atoms with Gasteiger partial charge in [0.1, 0.15) is 12.4 Å². The number of nitrogens with two attached hydrogens (primary N) is 2. The average molecular weight is 354 g/mol. The Kier molecular flexibility index (Phi) is 5.11. The molecule has 0 bridgehead atoms. The molecule has 0 saturated carbocycles. The standard InChI is InChI=1S/C18H16ClN5O/c19-13-6-8-14(9-7-13)23-24-17-15(10-16(20)22-18(17)21)25-11-12-4-2-1-3-5-12/h1-10H,11H2,(H4,20,21,22)/b24-23+. The van der Waals surface area contributed by atoms with E-state index >= 15 is 0 Å². The second-order valence-electron chi connectivity index (χ2n) is 5.23. The zero-order valence-electron chi connectivity index (χ0n) is 13.3. The lowest BCUT2D eigenvalue weighted by Gasteiger charge is -2.10. The van der Waals surface area contributed by atoms with Crippen LogP contribution in [-0.4, -0.2) is 4.98 Å². The largest absolute Gasteiger partial charge is 0.486 e. The first-order valence-corrected chi connectivity index (χ1v) is 7.89. The van der Waals surface area contributed by atoms with Crippen LogP contribution in [0.2, 0.25) is 5.02 Å². The van der Waals surface area contributed by atoms with Crippen molar-refractivity contribution in [2.75, 3.05) is 11.5 Å². The van der Waals surface area contributed by atoms with Gasteiger partial charge in [-0.2, -0.15) is 5.11 Å². The number of aromatic nitrogens is 1. The van der Waals surface area contributed by atoms with Crippen molar-refractivity contribution in [2.45, 2.75) is 6.61 Å². The summed E-state index contributed by atoms with van der Waals surface area (Å²) in [6, 6.07) is 18.3. The molecule has 3 rings (SSSR count). The Balaban J connectivity index is 1.85. The minimum absolute atomic E-state index is 0.153. The van der Waals surface area contributed by atoms with Crippen molar-refractivity contribution < 1.29 is 4.74 Å². The van der Waals surface area contributed by atoms with Crippen molar-refractivity contribution in [3.05, 3.63) is 71.2 Å². The summed E-state index contributed by atoms with van der Waals surface area (Å²) >= 11 is 5.86. The second-order valence-corrected chi connectivity index (χ2v) is 5.67. The molecule has 0 fully saturated rings. The number of halogens is 1. The van der Waals surface area contributed by atoms with E-state index in [0.717, 1.165) is 5.56 Å². The molecule has 0 unspecified atom stereocenters. The molecule has 0 aliphatic rings. The van der Waals surface area contributed by atoms with E-state index < -0.39 is 0 Å². The van der Waals surface area contributed by atoms with Gasteiger partial charge in [-0.25, -0.2) is 4.98 Å². The number of azo groups is 1. The summed E-state index contributed by atoms with van der Waals surface area (Å²) < 4.78 is 5.82. The molecule has 0 aliphatic carbocycles. The molecule has 25 heavy (non-hydrogen) atoms. The van der Waals surface area contributed by atoms with E-state index in [2.05, 4.69) is 15.2 Å². The van der Waals surface area contributed by atoms with Gasteiger partial charge in [-0.15, -0.1) is 5.11 Å². The normalized spacial score (nSPS) is 10.9. The van der Waals surface area contributed by atoms with Gasteiger partial charge in [-0.1, -0.05) is 41.9 Å². The number of rotatable bonds is 5. The third kappa shape index (κ3) is 4.45. The number of nitrogen functional groups attached to an aromatic ring is 2. The summed E-state index contributed by atoms with van der Waals surface area (Å²) in [6.07, 6.45) is 0. The topological polar surface area (TPSA) is 98.9 Å². The zero-order chi connectivity index (χ0) is 17.6. The molecular weight excluding hydrogens is 338 g/mol. The lowest BCUT2D eigenvalue weighted by molar-refractivity contribution is 0.307. The highest BCUT2D eigenvalue weighted by atomic mass is 35.5.